The number of rotatable bonds is 5. The van der Waals surface area contributed by atoms with Crippen LogP contribution in [0.3, 0.4) is 0 Å². The van der Waals surface area contributed by atoms with Gasteiger partial charge in [-0.3, -0.25) is 9.59 Å². The first-order valence-electron chi connectivity index (χ1n) is 5.88. The molecule has 0 amide bonds. The minimum atomic E-state index is -0.791. The molecule has 0 aromatic heterocycles. The number of halogens is 1. The molecular formula is C12H17ClO5. The molecule has 1 heterocycles. The van der Waals surface area contributed by atoms with Crippen LogP contribution >= 0.6 is 11.6 Å². The Hall–Kier alpha value is -0.810. The number of hydrogen-bond acceptors (Lipinski definition) is 5. The SMILES string of the molecule is [CH][C@@H]1O[C@H](CC(=O)OCC)[C@H](C(=O)OCC)C1Cl. The maximum atomic E-state index is 11.8. The number of esters is 2. The third kappa shape index (κ3) is 3.59. The van der Waals surface area contributed by atoms with Gasteiger partial charge in [-0.15, -0.1) is 11.6 Å². The summed E-state index contributed by atoms with van der Waals surface area (Å²) in [6, 6.07) is 0. The Balaban J connectivity index is 2.69. The molecule has 18 heavy (non-hydrogen) atoms. The Morgan fingerprint density at radius 1 is 1.28 bits per heavy atom. The van der Waals surface area contributed by atoms with E-state index in [1.54, 1.807) is 13.8 Å². The first-order valence-corrected chi connectivity index (χ1v) is 6.32. The van der Waals surface area contributed by atoms with E-state index < -0.39 is 35.4 Å². The van der Waals surface area contributed by atoms with Crippen molar-refractivity contribution in [2.75, 3.05) is 13.2 Å². The van der Waals surface area contributed by atoms with Crippen LogP contribution in [0.1, 0.15) is 20.3 Å². The van der Waals surface area contributed by atoms with Crippen molar-refractivity contribution in [3.05, 3.63) is 6.92 Å². The van der Waals surface area contributed by atoms with E-state index in [0.29, 0.717) is 0 Å². The number of carbonyl (C=O) groups excluding carboxylic acids is 2. The Morgan fingerprint density at radius 3 is 2.44 bits per heavy atom. The van der Waals surface area contributed by atoms with E-state index in [0.717, 1.165) is 0 Å². The highest BCUT2D eigenvalue weighted by molar-refractivity contribution is 6.22. The maximum Gasteiger partial charge on any atom is 0.313 e. The number of carbonyl (C=O) groups is 2. The normalized spacial score (nSPS) is 31.1. The minimum absolute atomic E-state index is 0.0613. The van der Waals surface area contributed by atoms with E-state index in [4.69, 9.17) is 32.7 Å². The highest BCUT2D eigenvalue weighted by Crippen LogP contribution is 2.34. The van der Waals surface area contributed by atoms with Gasteiger partial charge in [-0.05, 0) is 20.8 Å². The zero-order valence-corrected chi connectivity index (χ0v) is 11.2. The topological polar surface area (TPSA) is 61.8 Å². The Morgan fingerprint density at radius 2 is 1.89 bits per heavy atom. The summed E-state index contributed by atoms with van der Waals surface area (Å²) < 4.78 is 15.0. The molecule has 0 aromatic rings. The van der Waals surface area contributed by atoms with Crippen LogP contribution in [0.5, 0.6) is 0 Å². The van der Waals surface area contributed by atoms with Crippen molar-refractivity contribution in [1.82, 2.24) is 0 Å². The van der Waals surface area contributed by atoms with E-state index in [1.807, 2.05) is 0 Å². The van der Waals surface area contributed by atoms with Crippen LogP contribution in [-0.4, -0.2) is 42.7 Å². The molecule has 1 rings (SSSR count). The first-order chi connectivity index (χ1) is 8.51. The smallest absolute Gasteiger partial charge is 0.313 e. The lowest BCUT2D eigenvalue weighted by molar-refractivity contribution is -0.152. The van der Waals surface area contributed by atoms with Gasteiger partial charge in [0.25, 0.3) is 0 Å². The second-order valence-electron chi connectivity index (χ2n) is 3.87. The van der Waals surface area contributed by atoms with Gasteiger partial charge < -0.3 is 14.2 Å². The highest BCUT2D eigenvalue weighted by atomic mass is 35.5. The van der Waals surface area contributed by atoms with E-state index in [9.17, 15) is 9.59 Å². The maximum absolute atomic E-state index is 11.8. The van der Waals surface area contributed by atoms with Crippen molar-refractivity contribution in [2.45, 2.75) is 37.9 Å². The van der Waals surface area contributed by atoms with Crippen LogP contribution in [0.15, 0.2) is 0 Å². The third-order valence-electron chi connectivity index (χ3n) is 2.62. The summed E-state index contributed by atoms with van der Waals surface area (Å²) in [4.78, 5) is 23.2. The number of hydrogen-bond donors (Lipinski definition) is 0. The van der Waals surface area contributed by atoms with Crippen LogP contribution in [0, 0.1) is 12.8 Å². The summed E-state index contributed by atoms with van der Waals surface area (Å²) in [6.45, 7) is 9.53. The standard InChI is InChI=1S/C12H17ClO5/c1-4-16-9(14)6-8-10(12(15)17-5-2)11(13)7(3)18-8/h3,7-8,10-11H,4-6H2,1-2H3/t7-,8+,10-,11?/m0/s1. The van der Waals surface area contributed by atoms with Gasteiger partial charge in [0.2, 0.25) is 0 Å². The molecule has 0 aliphatic carbocycles. The molecule has 2 radical (unpaired) electrons. The average Bonchev–Trinajstić information content (AvgIpc) is 2.55. The molecule has 1 fully saturated rings. The van der Waals surface area contributed by atoms with E-state index >= 15 is 0 Å². The zero-order valence-electron chi connectivity index (χ0n) is 10.4. The molecule has 1 aliphatic heterocycles. The summed E-state index contributed by atoms with van der Waals surface area (Å²) in [5.41, 5.74) is 0. The van der Waals surface area contributed by atoms with Gasteiger partial charge in [0.15, 0.2) is 0 Å². The molecule has 0 saturated carbocycles. The van der Waals surface area contributed by atoms with Crippen LogP contribution < -0.4 is 0 Å². The lowest BCUT2D eigenvalue weighted by Crippen LogP contribution is -2.33. The van der Waals surface area contributed by atoms with Crippen LogP contribution in [0.4, 0.5) is 0 Å². The predicted molar refractivity (Wildman–Crippen MR) is 64.0 cm³/mol. The molecule has 0 aromatic carbocycles. The van der Waals surface area contributed by atoms with Crippen molar-refractivity contribution >= 4 is 23.5 Å². The minimum Gasteiger partial charge on any atom is -0.466 e. The lowest BCUT2D eigenvalue weighted by Gasteiger charge is -2.17. The van der Waals surface area contributed by atoms with E-state index in [2.05, 4.69) is 0 Å². The van der Waals surface area contributed by atoms with Crippen LogP contribution in [0.25, 0.3) is 0 Å². The fourth-order valence-corrected chi connectivity index (χ4v) is 2.17. The summed E-state index contributed by atoms with van der Waals surface area (Å²) in [5.74, 6) is -1.69. The second-order valence-corrected chi connectivity index (χ2v) is 4.37. The lowest BCUT2D eigenvalue weighted by atomic mass is 9.97. The van der Waals surface area contributed by atoms with Crippen molar-refractivity contribution in [2.24, 2.45) is 5.92 Å². The summed E-state index contributed by atoms with van der Waals surface area (Å²) in [5, 5.41) is -0.705. The molecule has 0 N–H and O–H groups in total. The molecule has 5 nitrogen and oxygen atoms in total. The summed E-state index contributed by atoms with van der Waals surface area (Å²) >= 11 is 6.01. The van der Waals surface area contributed by atoms with Crippen molar-refractivity contribution in [1.29, 1.82) is 0 Å². The van der Waals surface area contributed by atoms with Gasteiger partial charge in [-0.2, -0.15) is 0 Å². The quantitative estimate of drug-likeness (QED) is 0.558. The molecule has 0 spiro atoms. The largest absolute Gasteiger partial charge is 0.466 e. The van der Waals surface area contributed by atoms with Crippen molar-refractivity contribution < 1.29 is 23.8 Å². The van der Waals surface area contributed by atoms with Gasteiger partial charge in [0.05, 0.1) is 37.2 Å². The Labute approximate surface area is 112 Å². The van der Waals surface area contributed by atoms with E-state index in [1.165, 1.54) is 0 Å². The molecular weight excluding hydrogens is 260 g/mol. The summed E-state index contributed by atoms with van der Waals surface area (Å²) in [6.07, 6.45) is -1.55. The van der Waals surface area contributed by atoms with Gasteiger partial charge in [0, 0.05) is 0 Å². The van der Waals surface area contributed by atoms with Crippen LogP contribution in [0.2, 0.25) is 0 Å². The van der Waals surface area contributed by atoms with Gasteiger partial charge in [-0.25, -0.2) is 0 Å². The van der Waals surface area contributed by atoms with Gasteiger partial charge in [-0.1, -0.05) is 0 Å². The molecule has 1 saturated heterocycles. The predicted octanol–water partition coefficient (Wildman–Crippen LogP) is 1.20. The van der Waals surface area contributed by atoms with Crippen LogP contribution in [-0.2, 0) is 23.8 Å². The fourth-order valence-electron chi connectivity index (χ4n) is 1.85. The molecule has 1 unspecified atom stereocenters. The molecule has 4 atom stereocenters. The Kier molecular flexibility index (Phi) is 5.88. The van der Waals surface area contributed by atoms with Gasteiger partial charge in [0.1, 0.15) is 5.92 Å². The van der Waals surface area contributed by atoms with Crippen molar-refractivity contribution in [3.63, 3.8) is 0 Å². The van der Waals surface area contributed by atoms with E-state index in [-0.39, 0.29) is 19.6 Å². The molecule has 6 heteroatoms. The van der Waals surface area contributed by atoms with Crippen molar-refractivity contribution in [3.8, 4) is 0 Å². The number of ether oxygens (including phenoxy) is 3. The number of alkyl halides is 1. The average molecular weight is 277 g/mol. The monoisotopic (exact) mass is 276 g/mol. The molecule has 102 valence electrons. The first kappa shape index (κ1) is 15.2. The fraction of sp³-hybridized carbons (Fsp3) is 0.750. The third-order valence-corrected chi connectivity index (χ3v) is 3.14. The molecule has 0 bridgehead atoms. The summed E-state index contributed by atoms with van der Waals surface area (Å²) in [7, 11) is 0. The second kappa shape index (κ2) is 6.95. The Bertz CT molecular complexity index is 307. The zero-order chi connectivity index (χ0) is 13.7. The van der Waals surface area contributed by atoms with Gasteiger partial charge >= 0.3 is 11.9 Å². The molecule has 1 aliphatic rings. The highest BCUT2D eigenvalue weighted by Gasteiger charge is 2.47.